The number of hydrogen-bond acceptors (Lipinski definition) is 4. The highest BCUT2D eigenvalue weighted by Gasteiger charge is 2.29. The topological polar surface area (TPSA) is 83.9 Å². The van der Waals surface area contributed by atoms with Crippen LogP contribution in [0.25, 0.3) is 0 Å². The summed E-state index contributed by atoms with van der Waals surface area (Å²) in [6, 6.07) is 8.93. The second kappa shape index (κ2) is 6.18. The first-order valence-corrected chi connectivity index (χ1v) is 6.30. The number of carboxylic acids is 1. The van der Waals surface area contributed by atoms with Gasteiger partial charge in [-0.15, -0.1) is 0 Å². The summed E-state index contributed by atoms with van der Waals surface area (Å²) in [7, 11) is 0. The average Bonchev–Trinajstić information content (AvgIpc) is 2.86. The molecule has 20 heavy (non-hydrogen) atoms. The summed E-state index contributed by atoms with van der Waals surface area (Å²) in [4.78, 5) is 35.3. The molecule has 1 aromatic carbocycles. The summed E-state index contributed by atoms with van der Waals surface area (Å²) in [6.45, 7) is 0.284. The van der Waals surface area contributed by atoms with Gasteiger partial charge < -0.3 is 14.7 Å². The molecular weight excluding hydrogens is 262 g/mol. The number of benzene rings is 1. The van der Waals surface area contributed by atoms with Crippen molar-refractivity contribution in [2.75, 3.05) is 13.1 Å². The van der Waals surface area contributed by atoms with E-state index in [0.29, 0.717) is 6.42 Å². The van der Waals surface area contributed by atoms with Gasteiger partial charge in [0.05, 0.1) is 6.54 Å². The quantitative estimate of drug-likeness (QED) is 0.890. The van der Waals surface area contributed by atoms with E-state index in [9.17, 15) is 14.4 Å². The smallest absolute Gasteiger partial charge is 0.411 e. The Morgan fingerprint density at radius 2 is 2.00 bits per heavy atom. The molecule has 0 unspecified atom stereocenters. The number of Topliss-reactive ketones (excluding diaryl/α,β-unsaturated/α-hetero) is 1. The number of hydrogen-bond donors (Lipinski definition) is 1. The third-order valence-corrected chi connectivity index (χ3v) is 3.07. The Balaban J connectivity index is 1.97. The molecule has 0 aliphatic carbocycles. The van der Waals surface area contributed by atoms with Gasteiger partial charge in [0.1, 0.15) is 0 Å². The Morgan fingerprint density at radius 1 is 1.30 bits per heavy atom. The Morgan fingerprint density at radius 3 is 2.55 bits per heavy atom. The number of amides is 1. The van der Waals surface area contributed by atoms with Crippen LogP contribution in [0.5, 0.6) is 0 Å². The third-order valence-electron chi connectivity index (χ3n) is 3.07. The van der Waals surface area contributed by atoms with E-state index in [4.69, 9.17) is 9.84 Å². The minimum Gasteiger partial charge on any atom is -0.478 e. The van der Waals surface area contributed by atoms with E-state index in [0.717, 1.165) is 5.56 Å². The number of rotatable bonds is 4. The Kier molecular flexibility index (Phi) is 4.34. The summed E-state index contributed by atoms with van der Waals surface area (Å²) in [5, 5.41) is 9.12. The fourth-order valence-electron chi connectivity index (χ4n) is 1.99. The van der Waals surface area contributed by atoms with Crippen LogP contribution in [0.3, 0.4) is 0 Å². The molecule has 1 aliphatic heterocycles. The van der Waals surface area contributed by atoms with Gasteiger partial charge >= 0.3 is 12.1 Å². The van der Waals surface area contributed by atoms with Gasteiger partial charge in [-0.3, -0.25) is 4.79 Å². The number of carbonyl (C=O) groups excluding carboxylic acids is 2. The molecule has 1 amide bonds. The molecule has 0 saturated carbocycles. The first kappa shape index (κ1) is 14.0. The number of carbonyl (C=O) groups is 3. The Bertz CT molecular complexity index is 514. The maximum Gasteiger partial charge on any atom is 0.411 e. The molecule has 106 valence electrons. The minimum atomic E-state index is -1.25. The van der Waals surface area contributed by atoms with E-state index in [1.807, 2.05) is 6.07 Å². The van der Waals surface area contributed by atoms with Gasteiger partial charge in [0, 0.05) is 19.4 Å². The van der Waals surface area contributed by atoms with E-state index in [-0.39, 0.29) is 25.3 Å². The second-order valence-electron chi connectivity index (χ2n) is 4.61. The van der Waals surface area contributed by atoms with Crippen LogP contribution in [0.2, 0.25) is 0 Å². The van der Waals surface area contributed by atoms with Crippen LogP contribution in [0.15, 0.2) is 30.3 Å². The summed E-state index contributed by atoms with van der Waals surface area (Å²) in [5.74, 6) is -1.25. The van der Waals surface area contributed by atoms with E-state index in [1.54, 1.807) is 24.3 Å². The molecule has 0 spiro atoms. The lowest BCUT2D eigenvalue weighted by Gasteiger charge is -2.19. The molecule has 0 bridgehead atoms. The highest BCUT2D eigenvalue weighted by Crippen LogP contribution is 2.11. The summed E-state index contributed by atoms with van der Waals surface area (Å²) in [6.07, 6.45) is -1.60. The average molecular weight is 277 g/mol. The van der Waals surface area contributed by atoms with Crippen molar-refractivity contribution in [1.29, 1.82) is 0 Å². The zero-order chi connectivity index (χ0) is 14.5. The summed E-state index contributed by atoms with van der Waals surface area (Å²) >= 11 is 0. The van der Waals surface area contributed by atoms with Gasteiger partial charge in [-0.2, -0.15) is 0 Å². The molecule has 1 fully saturated rings. The van der Waals surface area contributed by atoms with Crippen LogP contribution in [0, 0.1) is 0 Å². The number of aliphatic carboxylic acids is 1. The van der Waals surface area contributed by atoms with Gasteiger partial charge in [0.25, 0.3) is 0 Å². The first-order chi connectivity index (χ1) is 9.56. The largest absolute Gasteiger partial charge is 0.478 e. The Hall–Kier alpha value is -2.37. The van der Waals surface area contributed by atoms with Crippen LogP contribution < -0.4 is 0 Å². The van der Waals surface area contributed by atoms with Crippen LogP contribution in [-0.4, -0.2) is 47.0 Å². The first-order valence-electron chi connectivity index (χ1n) is 6.30. The number of ketones is 1. The monoisotopic (exact) mass is 277 g/mol. The van der Waals surface area contributed by atoms with Gasteiger partial charge in [0.15, 0.2) is 5.78 Å². The predicted molar refractivity (Wildman–Crippen MR) is 69.2 cm³/mol. The van der Waals surface area contributed by atoms with Gasteiger partial charge in [-0.25, -0.2) is 9.59 Å². The number of nitrogens with zero attached hydrogens (tertiary/aromatic N) is 1. The minimum absolute atomic E-state index is 0.00346. The number of carboxylic acid groups (broad SMARTS) is 1. The zero-order valence-corrected chi connectivity index (χ0v) is 10.8. The van der Waals surface area contributed by atoms with Gasteiger partial charge in [0.2, 0.25) is 6.10 Å². The predicted octanol–water partition coefficient (Wildman–Crippen LogP) is 1.09. The van der Waals surface area contributed by atoms with Crippen molar-refractivity contribution in [3.8, 4) is 0 Å². The zero-order valence-electron chi connectivity index (χ0n) is 10.8. The third kappa shape index (κ3) is 3.57. The molecule has 6 heteroatoms. The van der Waals surface area contributed by atoms with Crippen molar-refractivity contribution >= 4 is 17.8 Å². The van der Waals surface area contributed by atoms with Crippen LogP contribution >= 0.6 is 0 Å². The van der Waals surface area contributed by atoms with Crippen molar-refractivity contribution < 1.29 is 24.2 Å². The van der Waals surface area contributed by atoms with Gasteiger partial charge in [-0.05, 0) is 5.56 Å². The fourth-order valence-corrected chi connectivity index (χ4v) is 1.99. The lowest BCUT2D eigenvalue weighted by molar-refractivity contribution is -0.147. The molecule has 1 heterocycles. The van der Waals surface area contributed by atoms with Crippen molar-refractivity contribution in [2.45, 2.75) is 18.9 Å². The maximum atomic E-state index is 11.8. The number of ether oxygens (including phenoxy) is 1. The second-order valence-corrected chi connectivity index (χ2v) is 4.61. The summed E-state index contributed by atoms with van der Waals surface area (Å²) in [5.41, 5.74) is 0.769. The molecule has 1 N–H and O–H groups in total. The van der Waals surface area contributed by atoms with Crippen LogP contribution in [0.4, 0.5) is 4.79 Å². The normalized spacial score (nSPS) is 16.0. The van der Waals surface area contributed by atoms with E-state index in [1.165, 1.54) is 4.90 Å². The standard InChI is InChI=1S/C14H15NO5/c16-11-6-7-15(9-11)14(19)20-12(13(17)18)8-10-4-2-1-3-5-10/h1-5,12H,6-9H2,(H,17,18)/t12-/m0/s1. The fraction of sp³-hybridized carbons (Fsp3) is 0.357. The molecular formula is C14H15NO5. The lowest BCUT2D eigenvalue weighted by Crippen LogP contribution is -2.36. The maximum absolute atomic E-state index is 11.8. The van der Waals surface area contributed by atoms with Crippen molar-refractivity contribution in [1.82, 2.24) is 4.90 Å². The van der Waals surface area contributed by atoms with E-state index in [2.05, 4.69) is 0 Å². The van der Waals surface area contributed by atoms with Crippen molar-refractivity contribution in [3.63, 3.8) is 0 Å². The van der Waals surface area contributed by atoms with Crippen LogP contribution in [0.1, 0.15) is 12.0 Å². The molecule has 2 rings (SSSR count). The van der Waals surface area contributed by atoms with Crippen LogP contribution in [-0.2, 0) is 20.7 Å². The number of likely N-dealkylation sites (tertiary alicyclic amines) is 1. The molecule has 0 aromatic heterocycles. The van der Waals surface area contributed by atoms with Crippen molar-refractivity contribution in [2.24, 2.45) is 0 Å². The molecule has 0 radical (unpaired) electrons. The van der Waals surface area contributed by atoms with Gasteiger partial charge in [-0.1, -0.05) is 30.3 Å². The molecule has 1 aromatic rings. The van der Waals surface area contributed by atoms with Crippen molar-refractivity contribution in [3.05, 3.63) is 35.9 Å². The summed E-state index contributed by atoms with van der Waals surface area (Å²) < 4.78 is 4.98. The molecule has 1 atom stereocenters. The SMILES string of the molecule is O=C1CCN(C(=O)O[C@@H](Cc2ccccc2)C(=O)O)C1. The molecule has 1 aliphatic rings. The molecule has 6 nitrogen and oxygen atoms in total. The lowest BCUT2D eigenvalue weighted by atomic mass is 10.1. The molecule has 1 saturated heterocycles. The highest BCUT2D eigenvalue weighted by molar-refractivity contribution is 5.88. The van der Waals surface area contributed by atoms with E-state index < -0.39 is 18.2 Å². The Labute approximate surface area is 115 Å². The highest BCUT2D eigenvalue weighted by atomic mass is 16.6. The van der Waals surface area contributed by atoms with E-state index >= 15 is 0 Å².